The fourth-order valence-electron chi connectivity index (χ4n) is 2.41. The smallest absolute Gasteiger partial charge is 0.248 e. The number of amides is 1. The molecule has 0 spiro atoms. The monoisotopic (exact) mass is 402 g/mol. The first kappa shape index (κ1) is 20.1. The first-order valence-electron chi connectivity index (χ1n) is 7.53. The van der Waals surface area contributed by atoms with Crippen molar-refractivity contribution in [3.05, 3.63) is 58.6 Å². The normalized spacial score (nSPS) is 12.5. The van der Waals surface area contributed by atoms with Crippen molar-refractivity contribution in [2.45, 2.75) is 19.9 Å². The fraction of sp³-hybridized carbons (Fsp3) is 0.235. The van der Waals surface area contributed by atoms with Crippen LogP contribution in [0.2, 0.25) is 5.02 Å². The molecule has 0 unspecified atom stereocenters. The number of nitrogens with zero attached hydrogens (tertiary/aromatic N) is 1. The molecule has 0 saturated carbocycles. The fourth-order valence-corrected chi connectivity index (χ4v) is 3.75. The molecule has 1 amide bonds. The van der Waals surface area contributed by atoms with Gasteiger partial charge < -0.3 is 5.32 Å². The Morgan fingerprint density at radius 1 is 1.19 bits per heavy atom. The van der Waals surface area contributed by atoms with Crippen molar-refractivity contribution in [1.29, 1.82) is 0 Å². The second-order valence-electron chi connectivity index (χ2n) is 5.73. The number of anilines is 2. The summed E-state index contributed by atoms with van der Waals surface area (Å²) in [5, 5.41) is 3.04. The van der Waals surface area contributed by atoms with Gasteiger partial charge in [0.2, 0.25) is 15.9 Å². The van der Waals surface area contributed by atoms with Crippen LogP contribution in [0.5, 0.6) is 0 Å². The van der Waals surface area contributed by atoms with Crippen molar-refractivity contribution < 1.29 is 22.0 Å². The van der Waals surface area contributed by atoms with Gasteiger partial charge in [0.15, 0.2) is 11.6 Å². The molecular formula is C17H17ClF2N2O3S. The van der Waals surface area contributed by atoms with Crippen LogP contribution in [0.3, 0.4) is 0 Å². The summed E-state index contributed by atoms with van der Waals surface area (Å²) in [5.41, 5.74) is 0.887. The number of sulfonamides is 1. The Morgan fingerprint density at radius 3 is 2.42 bits per heavy atom. The SMILES string of the molecule is Cc1c(Cl)cccc1NC(=O)[C@@H](C)N(c1ccc(F)c(F)c1)S(C)(=O)=O. The minimum absolute atomic E-state index is 0.156. The molecule has 0 saturated heterocycles. The molecule has 0 aromatic heterocycles. The Bertz CT molecular complexity index is 951. The zero-order valence-corrected chi connectivity index (χ0v) is 15.8. The van der Waals surface area contributed by atoms with Crippen molar-refractivity contribution in [3.63, 3.8) is 0 Å². The van der Waals surface area contributed by atoms with Gasteiger partial charge in [-0.3, -0.25) is 9.10 Å². The van der Waals surface area contributed by atoms with Gasteiger partial charge in [-0.15, -0.1) is 0 Å². The summed E-state index contributed by atoms with van der Waals surface area (Å²) in [7, 11) is -3.95. The Balaban J connectivity index is 2.37. The van der Waals surface area contributed by atoms with Crippen LogP contribution in [0, 0.1) is 18.6 Å². The van der Waals surface area contributed by atoms with Gasteiger partial charge in [-0.25, -0.2) is 17.2 Å². The van der Waals surface area contributed by atoms with E-state index in [4.69, 9.17) is 11.6 Å². The van der Waals surface area contributed by atoms with Gasteiger partial charge in [0.1, 0.15) is 6.04 Å². The predicted molar refractivity (Wildman–Crippen MR) is 98.0 cm³/mol. The van der Waals surface area contributed by atoms with Crippen LogP contribution in [-0.2, 0) is 14.8 Å². The highest BCUT2D eigenvalue weighted by atomic mass is 35.5. The van der Waals surface area contributed by atoms with Crippen LogP contribution in [-0.4, -0.2) is 26.6 Å². The molecule has 140 valence electrons. The number of halogens is 3. The summed E-state index contributed by atoms with van der Waals surface area (Å²) >= 11 is 6.01. The molecule has 0 aliphatic rings. The van der Waals surface area contributed by atoms with E-state index in [0.29, 0.717) is 16.3 Å². The lowest BCUT2D eigenvalue weighted by atomic mass is 10.2. The van der Waals surface area contributed by atoms with Gasteiger partial charge in [-0.2, -0.15) is 0 Å². The third kappa shape index (κ3) is 4.31. The number of hydrogen-bond donors (Lipinski definition) is 1. The second-order valence-corrected chi connectivity index (χ2v) is 8.00. The van der Waals surface area contributed by atoms with Crippen molar-refractivity contribution in [1.82, 2.24) is 0 Å². The van der Waals surface area contributed by atoms with E-state index in [0.717, 1.165) is 28.8 Å². The van der Waals surface area contributed by atoms with Crippen LogP contribution < -0.4 is 9.62 Å². The maximum absolute atomic E-state index is 13.5. The maximum atomic E-state index is 13.5. The minimum Gasteiger partial charge on any atom is -0.324 e. The summed E-state index contributed by atoms with van der Waals surface area (Å²) in [6, 6.07) is 6.31. The third-order valence-electron chi connectivity index (χ3n) is 3.77. The van der Waals surface area contributed by atoms with Crippen molar-refractivity contribution in [2.24, 2.45) is 0 Å². The summed E-state index contributed by atoms with van der Waals surface area (Å²) in [6.07, 6.45) is 0.878. The molecule has 5 nitrogen and oxygen atoms in total. The average molecular weight is 403 g/mol. The van der Waals surface area contributed by atoms with Crippen LogP contribution in [0.25, 0.3) is 0 Å². The Morgan fingerprint density at radius 2 is 1.85 bits per heavy atom. The summed E-state index contributed by atoms with van der Waals surface area (Å²) in [6.45, 7) is 3.05. The summed E-state index contributed by atoms with van der Waals surface area (Å²) < 4.78 is 51.7. The number of carbonyl (C=O) groups is 1. The molecule has 1 N–H and O–H groups in total. The Hall–Kier alpha value is -2.19. The van der Waals surface area contributed by atoms with Gasteiger partial charge in [0.05, 0.1) is 11.9 Å². The Labute approximate surface area is 155 Å². The van der Waals surface area contributed by atoms with E-state index in [1.807, 2.05) is 0 Å². The maximum Gasteiger partial charge on any atom is 0.248 e. The van der Waals surface area contributed by atoms with Crippen molar-refractivity contribution in [3.8, 4) is 0 Å². The lowest BCUT2D eigenvalue weighted by Crippen LogP contribution is -2.45. The van der Waals surface area contributed by atoms with Crippen LogP contribution in [0.15, 0.2) is 36.4 Å². The molecule has 0 aliphatic heterocycles. The highest BCUT2D eigenvalue weighted by Gasteiger charge is 2.30. The minimum atomic E-state index is -3.95. The zero-order valence-electron chi connectivity index (χ0n) is 14.3. The molecule has 0 fully saturated rings. The second kappa shape index (κ2) is 7.59. The Kier molecular flexibility index (Phi) is 5.87. The summed E-state index contributed by atoms with van der Waals surface area (Å²) in [5.74, 6) is -2.98. The lowest BCUT2D eigenvalue weighted by Gasteiger charge is -2.28. The summed E-state index contributed by atoms with van der Waals surface area (Å²) in [4.78, 5) is 12.6. The first-order valence-corrected chi connectivity index (χ1v) is 9.75. The van der Waals surface area contributed by atoms with E-state index in [2.05, 4.69) is 5.32 Å². The third-order valence-corrected chi connectivity index (χ3v) is 5.42. The molecule has 0 bridgehead atoms. The lowest BCUT2D eigenvalue weighted by molar-refractivity contribution is -0.116. The van der Waals surface area contributed by atoms with E-state index in [9.17, 15) is 22.0 Å². The van der Waals surface area contributed by atoms with Crippen LogP contribution >= 0.6 is 11.6 Å². The molecule has 0 heterocycles. The molecule has 9 heteroatoms. The highest BCUT2D eigenvalue weighted by molar-refractivity contribution is 7.92. The highest BCUT2D eigenvalue weighted by Crippen LogP contribution is 2.26. The topological polar surface area (TPSA) is 66.5 Å². The van der Waals surface area contributed by atoms with Gasteiger partial charge in [0.25, 0.3) is 0 Å². The van der Waals surface area contributed by atoms with Gasteiger partial charge in [0, 0.05) is 16.8 Å². The number of hydrogen-bond acceptors (Lipinski definition) is 3. The van der Waals surface area contributed by atoms with E-state index < -0.39 is 33.6 Å². The molecule has 2 aromatic rings. The van der Waals surface area contributed by atoms with Gasteiger partial charge >= 0.3 is 0 Å². The van der Waals surface area contributed by atoms with Crippen molar-refractivity contribution >= 4 is 38.9 Å². The zero-order chi connectivity index (χ0) is 19.6. The molecule has 2 rings (SSSR count). The predicted octanol–water partition coefficient (Wildman–Crippen LogP) is 3.72. The van der Waals surface area contributed by atoms with Gasteiger partial charge in [-0.1, -0.05) is 17.7 Å². The average Bonchev–Trinajstić information content (AvgIpc) is 2.54. The van der Waals surface area contributed by atoms with E-state index >= 15 is 0 Å². The van der Waals surface area contributed by atoms with Gasteiger partial charge in [-0.05, 0) is 43.7 Å². The quantitative estimate of drug-likeness (QED) is 0.828. The molecule has 0 aliphatic carbocycles. The number of benzene rings is 2. The van der Waals surface area contributed by atoms with Crippen LogP contribution in [0.1, 0.15) is 12.5 Å². The largest absolute Gasteiger partial charge is 0.324 e. The first-order chi connectivity index (χ1) is 12.0. The van der Waals surface area contributed by atoms with E-state index in [1.165, 1.54) is 6.92 Å². The van der Waals surface area contributed by atoms with E-state index in [1.54, 1.807) is 25.1 Å². The number of nitrogens with one attached hydrogen (secondary N) is 1. The van der Waals surface area contributed by atoms with Crippen LogP contribution in [0.4, 0.5) is 20.2 Å². The standard InChI is InChI=1S/C17H17ClF2N2O3S/c1-10-13(18)5-4-6-16(10)21-17(23)11(2)22(26(3,24)25)12-7-8-14(19)15(20)9-12/h4-9,11H,1-3H3,(H,21,23)/t11-/m1/s1. The molecule has 0 radical (unpaired) electrons. The van der Waals surface area contributed by atoms with E-state index in [-0.39, 0.29) is 5.69 Å². The van der Waals surface area contributed by atoms with Crippen molar-refractivity contribution in [2.75, 3.05) is 15.9 Å². The molecule has 1 atom stereocenters. The number of carbonyl (C=O) groups excluding carboxylic acids is 1. The molecule has 2 aromatic carbocycles. The number of rotatable bonds is 5. The molecule has 26 heavy (non-hydrogen) atoms. The molecular weight excluding hydrogens is 386 g/mol.